The highest BCUT2D eigenvalue weighted by molar-refractivity contribution is 5.32. The minimum atomic E-state index is 0.675. The quantitative estimate of drug-likeness (QED) is 0.862. The van der Waals surface area contributed by atoms with Crippen LogP contribution in [0.3, 0.4) is 0 Å². The number of benzene rings is 1. The summed E-state index contributed by atoms with van der Waals surface area (Å²) in [5, 5.41) is 3.59. The van der Waals surface area contributed by atoms with Crippen molar-refractivity contribution in [2.75, 3.05) is 13.7 Å². The van der Waals surface area contributed by atoms with E-state index in [1.54, 1.807) is 7.11 Å². The molecule has 2 rings (SSSR count). The van der Waals surface area contributed by atoms with Gasteiger partial charge in [0.05, 0.1) is 7.11 Å². The maximum atomic E-state index is 5.31. The highest BCUT2D eigenvalue weighted by atomic mass is 16.5. The third kappa shape index (κ3) is 2.63. The number of rotatable bonds is 4. The molecular weight excluding hydrogens is 210 g/mol. The molecule has 2 heteroatoms. The van der Waals surface area contributed by atoms with Crippen molar-refractivity contribution in [2.45, 2.75) is 38.6 Å². The largest absolute Gasteiger partial charge is 0.497 e. The molecule has 0 heterocycles. The fourth-order valence-electron chi connectivity index (χ4n) is 3.06. The van der Waals surface area contributed by atoms with Gasteiger partial charge < -0.3 is 10.1 Å². The zero-order chi connectivity index (χ0) is 12.3. The Kier molecular flexibility index (Phi) is 4.06. The van der Waals surface area contributed by atoms with Gasteiger partial charge in [-0.2, -0.15) is 0 Å². The Hall–Kier alpha value is -1.02. The van der Waals surface area contributed by atoms with Crippen LogP contribution in [0.5, 0.6) is 5.75 Å². The van der Waals surface area contributed by atoms with Gasteiger partial charge in [0.15, 0.2) is 0 Å². The molecule has 0 amide bonds. The molecule has 1 aromatic carbocycles. The first kappa shape index (κ1) is 12.4. The first-order chi connectivity index (χ1) is 8.26. The molecule has 0 radical (unpaired) electrons. The number of methoxy groups -OCH3 is 1. The van der Waals surface area contributed by atoms with Gasteiger partial charge in [-0.25, -0.2) is 0 Å². The summed E-state index contributed by atoms with van der Waals surface area (Å²) in [6.07, 6.45) is 2.57. The molecule has 3 atom stereocenters. The van der Waals surface area contributed by atoms with E-state index in [9.17, 15) is 0 Å². The number of ether oxygens (including phenoxy) is 1. The molecule has 1 saturated carbocycles. The van der Waals surface area contributed by atoms with Gasteiger partial charge in [-0.05, 0) is 48.9 Å². The number of hydrogen-bond donors (Lipinski definition) is 1. The molecule has 17 heavy (non-hydrogen) atoms. The zero-order valence-electron chi connectivity index (χ0n) is 11.1. The van der Waals surface area contributed by atoms with Crippen LogP contribution in [0, 0.1) is 5.92 Å². The van der Waals surface area contributed by atoms with E-state index in [1.165, 1.54) is 18.4 Å². The van der Waals surface area contributed by atoms with Crippen molar-refractivity contribution < 1.29 is 4.74 Å². The molecule has 0 bridgehead atoms. The monoisotopic (exact) mass is 233 g/mol. The highest BCUT2D eigenvalue weighted by Crippen LogP contribution is 2.40. The molecule has 2 nitrogen and oxygen atoms in total. The Morgan fingerprint density at radius 1 is 1.35 bits per heavy atom. The van der Waals surface area contributed by atoms with Crippen molar-refractivity contribution in [2.24, 2.45) is 5.92 Å². The summed E-state index contributed by atoms with van der Waals surface area (Å²) >= 11 is 0. The summed E-state index contributed by atoms with van der Waals surface area (Å²) in [5.74, 6) is 2.36. The van der Waals surface area contributed by atoms with Gasteiger partial charge in [0.25, 0.3) is 0 Å². The van der Waals surface area contributed by atoms with Gasteiger partial charge in [-0.1, -0.05) is 26.0 Å². The lowest BCUT2D eigenvalue weighted by molar-refractivity contribution is 0.404. The first-order valence-electron chi connectivity index (χ1n) is 6.63. The van der Waals surface area contributed by atoms with Crippen LogP contribution in [0.25, 0.3) is 0 Å². The van der Waals surface area contributed by atoms with Crippen LogP contribution in [0.1, 0.15) is 38.2 Å². The van der Waals surface area contributed by atoms with Crippen LogP contribution >= 0.6 is 0 Å². The smallest absolute Gasteiger partial charge is 0.119 e. The van der Waals surface area contributed by atoms with E-state index < -0.39 is 0 Å². The fourth-order valence-corrected chi connectivity index (χ4v) is 3.06. The van der Waals surface area contributed by atoms with Crippen LogP contribution in [0.4, 0.5) is 0 Å². The molecule has 1 N–H and O–H groups in total. The van der Waals surface area contributed by atoms with Crippen molar-refractivity contribution >= 4 is 0 Å². The second-order valence-electron chi connectivity index (χ2n) is 4.98. The van der Waals surface area contributed by atoms with E-state index in [2.05, 4.69) is 37.4 Å². The Morgan fingerprint density at radius 3 is 2.88 bits per heavy atom. The standard InChI is InChI=1S/C15H23NO/c1-4-16-15-9-8-14(11(15)2)12-6-5-7-13(10-12)17-3/h5-7,10-11,14-16H,4,8-9H2,1-3H3. The SMILES string of the molecule is CCNC1CCC(c2cccc(OC)c2)C1C. The van der Waals surface area contributed by atoms with Gasteiger partial charge >= 0.3 is 0 Å². The normalized spacial score (nSPS) is 28.3. The van der Waals surface area contributed by atoms with E-state index in [0.717, 1.165) is 12.3 Å². The molecule has 1 aliphatic carbocycles. The lowest BCUT2D eigenvalue weighted by Crippen LogP contribution is -2.32. The van der Waals surface area contributed by atoms with E-state index in [-0.39, 0.29) is 0 Å². The first-order valence-corrected chi connectivity index (χ1v) is 6.63. The average molecular weight is 233 g/mol. The van der Waals surface area contributed by atoms with Gasteiger partial charge in [0.2, 0.25) is 0 Å². The number of hydrogen-bond acceptors (Lipinski definition) is 2. The van der Waals surface area contributed by atoms with E-state index in [4.69, 9.17) is 4.74 Å². The third-order valence-corrected chi connectivity index (χ3v) is 4.05. The minimum Gasteiger partial charge on any atom is -0.497 e. The van der Waals surface area contributed by atoms with Crippen molar-refractivity contribution in [3.05, 3.63) is 29.8 Å². The van der Waals surface area contributed by atoms with Crippen molar-refractivity contribution in [1.82, 2.24) is 5.32 Å². The van der Waals surface area contributed by atoms with E-state index in [0.29, 0.717) is 17.9 Å². The zero-order valence-corrected chi connectivity index (χ0v) is 11.1. The topological polar surface area (TPSA) is 21.3 Å². The van der Waals surface area contributed by atoms with E-state index in [1.807, 2.05) is 6.07 Å². The van der Waals surface area contributed by atoms with Crippen LogP contribution < -0.4 is 10.1 Å². The molecule has 0 saturated heterocycles. The fraction of sp³-hybridized carbons (Fsp3) is 0.600. The maximum Gasteiger partial charge on any atom is 0.119 e. The second-order valence-corrected chi connectivity index (χ2v) is 4.98. The number of nitrogens with one attached hydrogen (secondary N) is 1. The summed E-state index contributed by atoms with van der Waals surface area (Å²) in [4.78, 5) is 0. The Balaban J connectivity index is 2.12. The molecular formula is C15H23NO. The Bertz CT molecular complexity index is 364. The van der Waals surface area contributed by atoms with Gasteiger partial charge in [0.1, 0.15) is 5.75 Å². The molecule has 94 valence electrons. The molecule has 0 spiro atoms. The second kappa shape index (κ2) is 5.54. The maximum absolute atomic E-state index is 5.31. The molecule has 1 aromatic rings. The molecule has 3 unspecified atom stereocenters. The van der Waals surface area contributed by atoms with Crippen molar-refractivity contribution in [3.63, 3.8) is 0 Å². The summed E-state index contributed by atoms with van der Waals surface area (Å²) in [7, 11) is 1.73. The highest BCUT2D eigenvalue weighted by Gasteiger charge is 2.33. The van der Waals surface area contributed by atoms with Gasteiger partial charge in [-0.3, -0.25) is 0 Å². The van der Waals surface area contributed by atoms with Crippen molar-refractivity contribution in [3.8, 4) is 5.75 Å². The average Bonchev–Trinajstić information content (AvgIpc) is 2.72. The van der Waals surface area contributed by atoms with Crippen LogP contribution in [-0.2, 0) is 0 Å². The van der Waals surface area contributed by atoms with Gasteiger partial charge in [0, 0.05) is 6.04 Å². The van der Waals surface area contributed by atoms with Crippen molar-refractivity contribution in [1.29, 1.82) is 0 Å². The Labute approximate surface area is 104 Å². The third-order valence-electron chi connectivity index (χ3n) is 4.05. The predicted molar refractivity (Wildman–Crippen MR) is 71.6 cm³/mol. The summed E-state index contributed by atoms with van der Waals surface area (Å²) < 4.78 is 5.31. The summed E-state index contributed by atoms with van der Waals surface area (Å²) in [6, 6.07) is 9.22. The molecule has 0 aliphatic heterocycles. The van der Waals surface area contributed by atoms with Gasteiger partial charge in [-0.15, -0.1) is 0 Å². The molecule has 1 aliphatic rings. The molecule has 0 aromatic heterocycles. The Morgan fingerprint density at radius 2 is 2.18 bits per heavy atom. The lowest BCUT2D eigenvalue weighted by Gasteiger charge is -2.22. The summed E-state index contributed by atoms with van der Waals surface area (Å²) in [5.41, 5.74) is 1.43. The lowest BCUT2D eigenvalue weighted by atomic mass is 9.89. The van der Waals surface area contributed by atoms with Crippen LogP contribution in [0.15, 0.2) is 24.3 Å². The summed E-state index contributed by atoms with van der Waals surface area (Å²) in [6.45, 7) is 5.62. The van der Waals surface area contributed by atoms with Crippen LogP contribution in [-0.4, -0.2) is 19.7 Å². The van der Waals surface area contributed by atoms with E-state index >= 15 is 0 Å². The van der Waals surface area contributed by atoms with Crippen LogP contribution in [0.2, 0.25) is 0 Å². The minimum absolute atomic E-state index is 0.675. The molecule has 1 fully saturated rings. The predicted octanol–water partition coefficient (Wildman–Crippen LogP) is 3.19.